The molecule has 1 nitrogen and oxygen atoms in total. The van der Waals surface area contributed by atoms with Gasteiger partial charge in [-0.2, -0.15) is 0 Å². The van der Waals surface area contributed by atoms with Crippen LogP contribution < -0.4 is 0 Å². The molecule has 0 N–H and O–H groups in total. The standard InChI is InChI=1S/C16H31N/c1-3-4-9-15(2)17-13-8-12-16(14-17)10-6-5-7-11-16/h15H,3-14H2,1-2H3. The molecule has 1 spiro atoms. The predicted molar refractivity (Wildman–Crippen MR) is 75.3 cm³/mol. The van der Waals surface area contributed by atoms with Crippen molar-refractivity contribution in [3.05, 3.63) is 0 Å². The molecule has 1 aliphatic carbocycles. The van der Waals surface area contributed by atoms with E-state index < -0.39 is 0 Å². The molecule has 0 aromatic carbocycles. The Morgan fingerprint density at radius 2 is 1.76 bits per heavy atom. The van der Waals surface area contributed by atoms with Gasteiger partial charge in [0.1, 0.15) is 0 Å². The Hall–Kier alpha value is -0.0400. The molecular formula is C16H31N. The van der Waals surface area contributed by atoms with Gasteiger partial charge in [0.25, 0.3) is 0 Å². The van der Waals surface area contributed by atoms with Crippen LogP contribution in [0.25, 0.3) is 0 Å². The Balaban J connectivity index is 1.87. The minimum absolute atomic E-state index is 0.733. The third-order valence-corrected chi connectivity index (χ3v) is 5.20. The summed E-state index contributed by atoms with van der Waals surface area (Å²) >= 11 is 0. The molecule has 2 aliphatic rings. The molecule has 1 saturated heterocycles. The Bertz CT molecular complexity index is 212. The summed E-state index contributed by atoms with van der Waals surface area (Å²) in [5.41, 5.74) is 0.733. The van der Waals surface area contributed by atoms with Gasteiger partial charge < -0.3 is 4.90 Å². The van der Waals surface area contributed by atoms with Crippen LogP contribution in [-0.4, -0.2) is 24.0 Å². The zero-order valence-electron chi connectivity index (χ0n) is 12.0. The number of piperidine rings is 1. The average molecular weight is 237 g/mol. The van der Waals surface area contributed by atoms with Crippen LogP contribution in [0.1, 0.15) is 78.1 Å². The highest BCUT2D eigenvalue weighted by atomic mass is 15.2. The van der Waals surface area contributed by atoms with Crippen molar-refractivity contribution in [3.63, 3.8) is 0 Å². The van der Waals surface area contributed by atoms with Gasteiger partial charge in [0, 0.05) is 12.6 Å². The van der Waals surface area contributed by atoms with Crippen LogP contribution >= 0.6 is 0 Å². The van der Waals surface area contributed by atoms with Crippen LogP contribution in [0.4, 0.5) is 0 Å². The fraction of sp³-hybridized carbons (Fsp3) is 1.00. The van der Waals surface area contributed by atoms with Crippen molar-refractivity contribution >= 4 is 0 Å². The van der Waals surface area contributed by atoms with E-state index in [4.69, 9.17) is 0 Å². The van der Waals surface area contributed by atoms with Crippen LogP contribution in [-0.2, 0) is 0 Å². The van der Waals surface area contributed by atoms with Crippen LogP contribution in [0.2, 0.25) is 0 Å². The molecule has 0 aromatic rings. The lowest BCUT2D eigenvalue weighted by Crippen LogP contribution is -2.47. The highest BCUT2D eigenvalue weighted by Crippen LogP contribution is 2.43. The van der Waals surface area contributed by atoms with E-state index in [1.807, 2.05) is 0 Å². The lowest BCUT2D eigenvalue weighted by molar-refractivity contribution is 0.0300. The summed E-state index contributed by atoms with van der Waals surface area (Å²) in [6.07, 6.45) is 14.7. The summed E-state index contributed by atoms with van der Waals surface area (Å²) in [5, 5.41) is 0. The van der Waals surface area contributed by atoms with Crippen molar-refractivity contribution in [1.82, 2.24) is 4.90 Å². The van der Waals surface area contributed by atoms with Gasteiger partial charge in [-0.15, -0.1) is 0 Å². The van der Waals surface area contributed by atoms with Crippen molar-refractivity contribution < 1.29 is 0 Å². The first-order valence-electron chi connectivity index (χ1n) is 8.00. The largest absolute Gasteiger partial charge is 0.300 e. The number of hydrogen-bond acceptors (Lipinski definition) is 1. The maximum absolute atomic E-state index is 2.81. The van der Waals surface area contributed by atoms with Crippen LogP contribution in [0.5, 0.6) is 0 Å². The lowest BCUT2D eigenvalue weighted by Gasteiger charge is -2.47. The number of likely N-dealkylation sites (tertiary alicyclic amines) is 1. The van der Waals surface area contributed by atoms with E-state index in [1.54, 1.807) is 0 Å². The quantitative estimate of drug-likeness (QED) is 0.690. The maximum atomic E-state index is 2.81. The van der Waals surface area contributed by atoms with Crippen LogP contribution in [0, 0.1) is 5.41 Å². The molecule has 0 bridgehead atoms. The maximum Gasteiger partial charge on any atom is 0.00671 e. The van der Waals surface area contributed by atoms with E-state index in [9.17, 15) is 0 Å². The smallest absolute Gasteiger partial charge is 0.00671 e. The third-order valence-electron chi connectivity index (χ3n) is 5.20. The van der Waals surface area contributed by atoms with Gasteiger partial charge in [-0.1, -0.05) is 39.0 Å². The second-order valence-corrected chi connectivity index (χ2v) is 6.63. The summed E-state index contributed by atoms with van der Waals surface area (Å²) in [7, 11) is 0. The third kappa shape index (κ3) is 3.47. The second kappa shape index (κ2) is 6.22. The molecule has 2 rings (SSSR count). The first-order chi connectivity index (χ1) is 8.26. The Morgan fingerprint density at radius 3 is 2.47 bits per heavy atom. The molecule has 1 atom stereocenters. The molecule has 17 heavy (non-hydrogen) atoms. The fourth-order valence-corrected chi connectivity index (χ4v) is 4.01. The van der Waals surface area contributed by atoms with Crippen molar-refractivity contribution in [2.45, 2.75) is 84.1 Å². The van der Waals surface area contributed by atoms with Gasteiger partial charge in [0.15, 0.2) is 0 Å². The van der Waals surface area contributed by atoms with E-state index in [2.05, 4.69) is 18.7 Å². The zero-order chi connectivity index (χ0) is 12.1. The van der Waals surface area contributed by atoms with E-state index >= 15 is 0 Å². The lowest BCUT2D eigenvalue weighted by atomic mass is 9.69. The molecule has 2 fully saturated rings. The van der Waals surface area contributed by atoms with Gasteiger partial charge in [-0.25, -0.2) is 0 Å². The van der Waals surface area contributed by atoms with Gasteiger partial charge in [0.05, 0.1) is 0 Å². The first kappa shape index (κ1) is 13.4. The van der Waals surface area contributed by atoms with Crippen molar-refractivity contribution in [2.75, 3.05) is 13.1 Å². The van der Waals surface area contributed by atoms with Crippen molar-refractivity contribution in [1.29, 1.82) is 0 Å². The Kier molecular flexibility index (Phi) is 4.90. The Morgan fingerprint density at radius 1 is 1.06 bits per heavy atom. The van der Waals surface area contributed by atoms with E-state index in [0.717, 1.165) is 11.5 Å². The number of rotatable bonds is 4. The van der Waals surface area contributed by atoms with E-state index in [0.29, 0.717) is 0 Å². The van der Waals surface area contributed by atoms with Crippen molar-refractivity contribution in [2.24, 2.45) is 5.41 Å². The molecular weight excluding hydrogens is 206 g/mol. The highest BCUT2D eigenvalue weighted by molar-refractivity contribution is 4.90. The summed E-state index contributed by atoms with van der Waals surface area (Å²) < 4.78 is 0. The number of unbranched alkanes of at least 4 members (excludes halogenated alkanes) is 1. The minimum Gasteiger partial charge on any atom is -0.300 e. The molecule has 1 saturated carbocycles. The number of nitrogens with zero attached hydrogens (tertiary/aromatic N) is 1. The van der Waals surface area contributed by atoms with E-state index in [-0.39, 0.29) is 0 Å². The molecule has 1 aliphatic heterocycles. The van der Waals surface area contributed by atoms with Crippen LogP contribution in [0.15, 0.2) is 0 Å². The molecule has 1 unspecified atom stereocenters. The van der Waals surface area contributed by atoms with Gasteiger partial charge in [0.2, 0.25) is 0 Å². The number of hydrogen-bond donors (Lipinski definition) is 0. The average Bonchev–Trinajstić information content (AvgIpc) is 2.37. The molecule has 0 aromatic heterocycles. The SMILES string of the molecule is CCCCC(C)N1CCCC2(CCCCC2)C1. The first-order valence-corrected chi connectivity index (χ1v) is 8.00. The predicted octanol–water partition coefficient (Wildman–Crippen LogP) is 4.61. The fourth-order valence-electron chi connectivity index (χ4n) is 4.01. The normalized spacial score (nSPS) is 27.2. The molecule has 100 valence electrons. The summed E-state index contributed by atoms with van der Waals surface area (Å²) in [5.74, 6) is 0. The van der Waals surface area contributed by atoms with Gasteiger partial charge in [-0.3, -0.25) is 0 Å². The molecule has 0 amide bonds. The van der Waals surface area contributed by atoms with Gasteiger partial charge in [-0.05, 0) is 51.0 Å². The van der Waals surface area contributed by atoms with Crippen LogP contribution in [0.3, 0.4) is 0 Å². The monoisotopic (exact) mass is 237 g/mol. The summed E-state index contributed by atoms with van der Waals surface area (Å²) in [6, 6.07) is 0.828. The molecule has 0 radical (unpaired) electrons. The topological polar surface area (TPSA) is 3.24 Å². The second-order valence-electron chi connectivity index (χ2n) is 6.63. The van der Waals surface area contributed by atoms with E-state index in [1.165, 1.54) is 77.3 Å². The summed E-state index contributed by atoms with van der Waals surface area (Å²) in [4.78, 5) is 2.81. The highest BCUT2D eigenvalue weighted by Gasteiger charge is 2.37. The van der Waals surface area contributed by atoms with Crippen molar-refractivity contribution in [3.8, 4) is 0 Å². The molecule has 1 heterocycles. The molecule has 1 heteroatoms. The van der Waals surface area contributed by atoms with Gasteiger partial charge >= 0.3 is 0 Å². The zero-order valence-corrected chi connectivity index (χ0v) is 12.0. The minimum atomic E-state index is 0.733. The Labute approximate surface area is 108 Å². The summed E-state index contributed by atoms with van der Waals surface area (Å²) in [6.45, 7) is 7.55.